The van der Waals surface area contributed by atoms with E-state index in [4.69, 9.17) is 0 Å². The summed E-state index contributed by atoms with van der Waals surface area (Å²) in [6.07, 6.45) is 4.07. The van der Waals surface area contributed by atoms with Gasteiger partial charge in [-0.1, -0.05) is 50.1 Å². The molecule has 0 saturated carbocycles. The number of hydrogen-bond acceptors (Lipinski definition) is 2. The second-order valence-electron chi connectivity index (χ2n) is 4.20. The summed E-state index contributed by atoms with van der Waals surface area (Å²) in [5, 5.41) is 2.67. The first-order valence-electron chi connectivity index (χ1n) is 6.23. The van der Waals surface area contributed by atoms with Crippen LogP contribution >= 0.6 is 12.6 Å². The van der Waals surface area contributed by atoms with Crippen LogP contribution in [0.2, 0.25) is 0 Å². The van der Waals surface area contributed by atoms with E-state index in [9.17, 15) is 4.79 Å². The van der Waals surface area contributed by atoms with Gasteiger partial charge < -0.3 is 5.32 Å². The first-order valence-corrected chi connectivity index (χ1v) is 6.75. The number of thiol groups is 1. The Morgan fingerprint density at radius 3 is 2.65 bits per heavy atom. The normalized spacial score (nSPS) is 12.1. The van der Waals surface area contributed by atoms with E-state index in [0.717, 1.165) is 24.9 Å². The van der Waals surface area contributed by atoms with Crippen LogP contribution in [0.25, 0.3) is 0 Å². The van der Waals surface area contributed by atoms with Gasteiger partial charge in [-0.2, -0.15) is 12.6 Å². The van der Waals surface area contributed by atoms with Crippen LogP contribution in [0.3, 0.4) is 0 Å². The lowest BCUT2D eigenvalue weighted by Crippen LogP contribution is -2.33. The Morgan fingerprint density at radius 2 is 2.00 bits per heavy atom. The number of carbonyl (C=O) groups is 1. The van der Waals surface area contributed by atoms with Gasteiger partial charge in [0.2, 0.25) is 5.91 Å². The number of amides is 1. The maximum Gasteiger partial charge on any atom is 0.233 e. The Balaban J connectivity index is 2.27. The van der Waals surface area contributed by atoms with Gasteiger partial charge >= 0.3 is 0 Å². The van der Waals surface area contributed by atoms with Crippen molar-refractivity contribution in [2.75, 3.05) is 6.54 Å². The average molecular weight is 251 g/mol. The summed E-state index contributed by atoms with van der Waals surface area (Å²) in [5.74, 6) is 0.0355. The largest absolute Gasteiger partial charge is 0.355 e. The van der Waals surface area contributed by atoms with Crippen molar-refractivity contribution in [2.45, 2.75) is 37.9 Å². The SMILES string of the molecule is CCCCCNC(=O)C(S)Cc1ccccc1. The fourth-order valence-corrected chi connectivity index (χ4v) is 1.94. The van der Waals surface area contributed by atoms with Crippen LogP contribution in [0.5, 0.6) is 0 Å². The Hall–Kier alpha value is -0.960. The average Bonchev–Trinajstić information content (AvgIpc) is 2.35. The summed E-state index contributed by atoms with van der Waals surface area (Å²) >= 11 is 4.35. The van der Waals surface area contributed by atoms with Crippen LogP contribution in [0.1, 0.15) is 31.7 Å². The summed E-state index contributed by atoms with van der Waals surface area (Å²) in [7, 11) is 0. The number of benzene rings is 1. The van der Waals surface area contributed by atoms with Crippen molar-refractivity contribution in [1.82, 2.24) is 5.32 Å². The van der Waals surface area contributed by atoms with Crippen molar-refractivity contribution < 1.29 is 4.79 Å². The topological polar surface area (TPSA) is 29.1 Å². The van der Waals surface area contributed by atoms with Crippen molar-refractivity contribution in [3.8, 4) is 0 Å². The molecule has 17 heavy (non-hydrogen) atoms. The quantitative estimate of drug-likeness (QED) is 0.566. The van der Waals surface area contributed by atoms with Gasteiger partial charge in [0.1, 0.15) is 0 Å². The Morgan fingerprint density at radius 1 is 1.29 bits per heavy atom. The Bertz CT molecular complexity index is 326. The summed E-state index contributed by atoms with van der Waals surface area (Å²) in [5.41, 5.74) is 1.15. The molecule has 0 heterocycles. The van der Waals surface area contributed by atoms with Gasteiger partial charge in [0.15, 0.2) is 0 Å². The minimum Gasteiger partial charge on any atom is -0.355 e. The summed E-state index contributed by atoms with van der Waals surface area (Å²) in [4.78, 5) is 11.7. The van der Waals surface area contributed by atoms with Crippen molar-refractivity contribution in [2.24, 2.45) is 0 Å². The van der Waals surface area contributed by atoms with Crippen molar-refractivity contribution in [3.05, 3.63) is 35.9 Å². The molecule has 2 nitrogen and oxygen atoms in total. The maximum atomic E-state index is 11.7. The maximum absolute atomic E-state index is 11.7. The number of hydrogen-bond donors (Lipinski definition) is 2. The second kappa shape index (κ2) is 8.18. The first kappa shape index (κ1) is 14.1. The van der Waals surface area contributed by atoms with Crippen LogP contribution < -0.4 is 5.32 Å². The van der Waals surface area contributed by atoms with Crippen LogP contribution in [0.4, 0.5) is 0 Å². The fourth-order valence-electron chi connectivity index (χ4n) is 1.63. The molecule has 0 aliphatic carbocycles. The molecular weight excluding hydrogens is 230 g/mol. The molecule has 1 unspecified atom stereocenters. The molecule has 0 aromatic heterocycles. The van der Waals surface area contributed by atoms with Gasteiger partial charge in [-0.05, 0) is 18.4 Å². The molecule has 1 atom stereocenters. The molecule has 0 spiro atoms. The molecule has 1 rings (SSSR count). The van der Waals surface area contributed by atoms with Crippen LogP contribution in [-0.2, 0) is 11.2 Å². The minimum atomic E-state index is -0.251. The van der Waals surface area contributed by atoms with E-state index in [1.807, 2.05) is 30.3 Å². The van der Waals surface area contributed by atoms with Gasteiger partial charge in [-0.25, -0.2) is 0 Å². The Kier molecular flexibility index (Phi) is 6.78. The lowest BCUT2D eigenvalue weighted by atomic mass is 10.1. The van der Waals surface area contributed by atoms with E-state index in [-0.39, 0.29) is 11.2 Å². The first-order chi connectivity index (χ1) is 8.24. The third-order valence-corrected chi connectivity index (χ3v) is 3.07. The zero-order chi connectivity index (χ0) is 12.5. The lowest BCUT2D eigenvalue weighted by molar-refractivity contribution is -0.120. The molecule has 0 saturated heterocycles. The molecular formula is C14H21NOS. The zero-order valence-corrected chi connectivity index (χ0v) is 11.2. The second-order valence-corrected chi connectivity index (χ2v) is 4.83. The van der Waals surface area contributed by atoms with Crippen LogP contribution in [0, 0.1) is 0 Å². The zero-order valence-electron chi connectivity index (χ0n) is 10.4. The van der Waals surface area contributed by atoms with Gasteiger partial charge in [0, 0.05) is 6.54 Å². The van der Waals surface area contributed by atoms with Gasteiger partial charge in [-0.3, -0.25) is 4.79 Å². The van der Waals surface area contributed by atoms with E-state index < -0.39 is 0 Å². The van der Waals surface area contributed by atoms with Crippen molar-refractivity contribution >= 4 is 18.5 Å². The van der Waals surface area contributed by atoms with E-state index in [2.05, 4.69) is 24.9 Å². The summed E-state index contributed by atoms with van der Waals surface area (Å²) in [6, 6.07) is 9.98. The molecule has 0 aliphatic rings. The molecule has 1 amide bonds. The third kappa shape index (κ3) is 5.78. The summed E-state index contributed by atoms with van der Waals surface area (Å²) < 4.78 is 0. The van der Waals surface area contributed by atoms with Gasteiger partial charge in [0.05, 0.1) is 5.25 Å². The number of rotatable bonds is 7. The van der Waals surface area contributed by atoms with E-state index in [0.29, 0.717) is 6.42 Å². The highest BCUT2D eigenvalue weighted by atomic mass is 32.1. The standard InChI is InChI=1S/C14H21NOS/c1-2-3-7-10-15-14(16)13(17)11-12-8-5-4-6-9-12/h4-6,8-9,13,17H,2-3,7,10-11H2,1H3,(H,15,16). The lowest BCUT2D eigenvalue weighted by Gasteiger charge is -2.11. The molecule has 3 heteroatoms. The molecule has 94 valence electrons. The van der Waals surface area contributed by atoms with Crippen LogP contribution in [-0.4, -0.2) is 17.7 Å². The van der Waals surface area contributed by atoms with Gasteiger partial charge in [0.25, 0.3) is 0 Å². The highest BCUT2D eigenvalue weighted by Gasteiger charge is 2.13. The Labute approximate surface area is 109 Å². The number of unbranched alkanes of at least 4 members (excludes halogenated alkanes) is 2. The molecule has 0 bridgehead atoms. The highest BCUT2D eigenvalue weighted by molar-refractivity contribution is 7.81. The molecule has 0 radical (unpaired) electrons. The van der Waals surface area contributed by atoms with E-state index in [1.165, 1.54) is 6.42 Å². The minimum absolute atomic E-state index is 0.0355. The number of carbonyl (C=O) groups excluding carboxylic acids is 1. The molecule has 0 aliphatic heterocycles. The monoisotopic (exact) mass is 251 g/mol. The van der Waals surface area contributed by atoms with E-state index >= 15 is 0 Å². The van der Waals surface area contributed by atoms with Gasteiger partial charge in [-0.15, -0.1) is 0 Å². The summed E-state index contributed by atoms with van der Waals surface area (Å²) in [6.45, 7) is 2.91. The molecule has 0 fully saturated rings. The highest BCUT2D eigenvalue weighted by Crippen LogP contribution is 2.07. The predicted molar refractivity (Wildman–Crippen MR) is 75.5 cm³/mol. The van der Waals surface area contributed by atoms with Crippen LogP contribution in [0.15, 0.2) is 30.3 Å². The third-order valence-electron chi connectivity index (χ3n) is 2.65. The van der Waals surface area contributed by atoms with Crippen molar-refractivity contribution in [1.29, 1.82) is 0 Å². The molecule has 1 N–H and O–H groups in total. The molecule has 1 aromatic carbocycles. The van der Waals surface area contributed by atoms with E-state index in [1.54, 1.807) is 0 Å². The van der Waals surface area contributed by atoms with Crippen molar-refractivity contribution in [3.63, 3.8) is 0 Å². The fraction of sp³-hybridized carbons (Fsp3) is 0.500. The predicted octanol–water partition coefficient (Wildman–Crippen LogP) is 2.83. The smallest absolute Gasteiger partial charge is 0.233 e. The molecule has 1 aromatic rings. The number of nitrogens with one attached hydrogen (secondary N) is 1.